The average Bonchev–Trinajstić information content (AvgIpc) is 3.52. The standard InChI is InChI=1S/C24H21N3O3S3/c1-15-12-18-13-17(7-10-21(18)27(15)33(2,29)30)20-14-32-24(26-20)16-5-8-19(9-6-16)25-23(28)22-4-3-11-31-22/h3-11,13-15H,12H2,1-2H3,(H,25,28). The Morgan fingerprint density at radius 1 is 1.09 bits per heavy atom. The molecule has 0 saturated carbocycles. The average molecular weight is 496 g/mol. The number of sulfonamides is 1. The number of hydrogen-bond donors (Lipinski definition) is 1. The fraction of sp³-hybridized carbons (Fsp3) is 0.167. The van der Waals surface area contributed by atoms with Crippen molar-refractivity contribution in [3.05, 3.63) is 75.8 Å². The van der Waals surface area contributed by atoms with E-state index < -0.39 is 10.0 Å². The molecular formula is C24H21N3O3S3. The molecule has 0 aliphatic carbocycles. The van der Waals surface area contributed by atoms with Gasteiger partial charge in [-0.2, -0.15) is 0 Å². The molecule has 1 N–H and O–H groups in total. The Hall–Kier alpha value is -3.01. The Balaban J connectivity index is 1.35. The highest BCUT2D eigenvalue weighted by Crippen LogP contribution is 2.38. The number of nitrogens with zero attached hydrogens (tertiary/aromatic N) is 2. The lowest BCUT2D eigenvalue weighted by atomic mass is 10.1. The van der Waals surface area contributed by atoms with Crippen molar-refractivity contribution >= 4 is 50.0 Å². The summed E-state index contributed by atoms with van der Waals surface area (Å²) in [5.74, 6) is -0.116. The summed E-state index contributed by atoms with van der Waals surface area (Å²) in [6.45, 7) is 1.92. The zero-order valence-corrected chi connectivity index (χ0v) is 20.4. The number of benzene rings is 2. The Bertz CT molecular complexity index is 1430. The summed E-state index contributed by atoms with van der Waals surface area (Å²) < 4.78 is 25.8. The fourth-order valence-electron chi connectivity index (χ4n) is 4.10. The molecule has 168 valence electrons. The molecule has 0 spiro atoms. The van der Waals surface area contributed by atoms with Crippen LogP contribution in [-0.2, 0) is 16.4 Å². The summed E-state index contributed by atoms with van der Waals surface area (Å²) in [7, 11) is -3.30. The van der Waals surface area contributed by atoms with E-state index in [9.17, 15) is 13.2 Å². The van der Waals surface area contributed by atoms with Crippen LogP contribution in [0.15, 0.2) is 65.4 Å². The van der Waals surface area contributed by atoms with Crippen molar-refractivity contribution in [1.82, 2.24) is 4.98 Å². The Kier molecular flexibility index (Phi) is 5.55. The van der Waals surface area contributed by atoms with Gasteiger partial charge in [-0.15, -0.1) is 22.7 Å². The minimum absolute atomic E-state index is 0.0879. The van der Waals surface area contributed by atoms with Crippen molar-refractivity contribution in [2.45, 2.75) is 19.4 Å². The highest BCUT2D eigenvalue weighted by molar-refractivity contribution is 7.92. The molecule has 1 amide bonds. The number of anilines is 2. The van der Waals surface area contributed by atoms with E-state index in [-0.39, 0.29) is 11.9 Å². The predicted molar refractivity (Wildman–Crippen MR) is 136 cm³/mol. The van der Waals surface area contributed by atoms with Crippen LogP contribution in [0.5, 0.6) is 0 Å². The van der Waals surface area contributed by atoms with Crippen LogP contribution in [0.25, 0.3) is 21.8 Å². The van der Waals surface area contributed by atoms with Crippen molar-refractivity contribution in [2.75, 3.05) is 15.9 Å². The van der Waals surface area contributed by atoms with E-state index in [1.807, 2.05) is 66.2 Å². The van der Waals surface area contributed by atoms with Crippen LogP contribution in [0.4, 0.5) is 11.4 Å². The first kappa shape index (κ1) is 21.8. The van der Waals surface area contributed by atoms with E-state index >= 15 is 0 Å². The van der Waals surface area contributed by atoms with Crippen molar-refractivity contribution in [1.29, 1.82) is 0 Å². The largest absolute Gasteiger partial charge is 0.321 e. The van der Waals surface area contributed by atoms with Gasteiger partial charge in [0, 0.05) is 28.2 Å². The van der Waals surface area contributed by atoms with Crippen LogP contribution in [0.2, 0.25) is 0 Å². The molecule has 9 heteroatoms. The zero-order chi connectivity index (χ0) is 23.2. The van der Waals surface area contributed by atoms with Gasteiger partial charge in [-0.05, 0) is 66.8 Å². The topological polar surface area (TPSA) is 79.4 Å². The number of hydrogen-bond acceptors (Lipinski definition) is 6. The molecule has 1 unspecified atom stereocenters. The lowest BCUT2D eigenvalue weighted by Crippen LogP contribution is -2.34. The number of rotatable bonds is 5. The van der Waals surface area contributed by atoms with Gasteiger partial charge in [-0.3, -0.25) is 9.10 Å². The van der Waals surface area contributed by atoms with Crippen LogP contribution >= 0.6 is 22.7 Å². The molecule has 2 aromatic heterocycles. The summed E-state index contributed by atoms with van der Waals surface area (Å²) in [4.78, 5) is 17.7. The second-order valence-corrected chi connectivity index (χ2v) is 11.7. The molecule has 1 aliphatic rings. The maximum atomic E-state index is 12.2. The molecule has 33 heavy (non-hydrogen) atoms. The molecule has 0 fully saturated rings. The number of aromatic nitrogens is 1. The van der Waals surface area contributed by atoms with Gasteiger partial charge in [0.2, 0.25) is 10.0 Å². The number of fused-ring (bicyclic) bond motifs is 1. The number of thiophene rings is 1. The van der Waals surface area contributed by atoms with Crippen molar-refractivity contribution in [3.63, 3.8) is 0 Å². The molecule has 3 heterocycles. The second-order valence-electron chi connectivity index (χ2n) is 8.00. The second kappa shape index (κ2) is 8.40. The molecule has 4 aromatic rings. The van der Waals surface area contributed by atoms with E-state index in [2.05, 4.69) is 5.32 Å². The highest BCUT2D eigenvalue weighted by Gasteiger charge is 2.32. The molecular weight excluding hydrogens is 474 g/mol. The third-order valence-corrected chi connectivity index (χ3v) is 8.56. The molecule has 0 bridgehead atoms. The van der Waals surface area contributed by atoms with E-state index in [0.29, 0.717) is 11.3 Å². The van der Waals surface area contributed by atoms with Crippen LogP contribution in [0.1, 0.15) is 22.2 Å². The summed E-state index contributed by atoms with van der Waals surface area (Å²) in [5.41, 5.74) is 5.31. The third kappa shape index (κ3) is 4.31. The quantitative estimate of drug-likeness (QED) is 0.396. The van der Waals surface area contributed by atoms with Crippen molar-refractivity contribution in [2.24, 2.45) is 0 Å². The first-order valence-electron chi connectivity index (χ1n) is 10.3. The highest BCUT2D eigenvalue weighted by atomic mass is 32.2. The van der Waals surface area contributed by atoms with Gasteiger partial charge in [-0.1, -0.05) is 12.1 Å². The molecule has 2 aromatic carbocycles. The lowest BCUT2D eigenvalue weighted by molar-refractivity contribution is 0.103. The molecule has 1 aliphatic heterocycles. The lowest BCUT2D eigenvalue weighted by Gasteiger charge is -2.21. The Morgan fingerprint density at radius 2 is 1.85 bits per heavy atom. The van der Waals surface area contributed by atoms with Crippen LogP contribution in [-0.4, -0.2) is 31.6 Å². The molecule has 0 saturated heterocycles. The number of carbonyl (C=O) groups is 1. The Morgan fingerprint density at radius 3 is 2.55 bits per heavy atom. The number of nitrogens with one attached hydrogen (secondary N) is 1. The summed E-state index contributed by atoms with van der Waals surface area (Å²) in [6, 6.07) is 17.0. The molecule has 1 atom stereocenters. The third-order valence-electron chi connectivity index (χ3n) is 5.52. The van der Waals surface area contributed by atoms with Gasteiger partial charge in [0.25, 0.3) is 5.91 Å². The van der Waals surface area contributed by atoms with Crippen LogP contribution in [0, 0.1) is 0 Å². The number of amides is 1. The van der Waals surface area contributed by atoms with Gasteiger partial charge >= 0.3 is 0 Å². The van der Waals surface area contributed by atoms with Gasteiger partial charge < -0.3 is 5.32 Å². The first-order valence-corrected chi connectivity index (χ1v) is 13.9. The zero-order valence-electron chi connectivity index (χ0n) is 18.0. The molecule has 0 radical (unpaired) electrons. The monoisotopic (exact) mass is 495 g/mol. The summed E-state index contributed by atoms with van der Waals surface area (Å²) in [6.07, 6.45) is 1.93. The van der Waals surface area contributed by atoms with Crippen LogP contribution in [0.3, 0.4) is 0 Å². The number of thiazole rings is 1. The summed E-state index contributed by atoms with van der Waals surface area (Å²) in [5, 5.41) is 7.67. The van der Waals surface area contributed by atoms with Crippen molar-refractivity contribution in [3.8, 4) is 21.8 Å². The van der Waals surface area contributed by atoms with Gasteiger partial charge in [0.15, 0.2) is 0 Å². The maximum absolute atomic E-state index is 12.2. The fourth-order valence-corrected chi connectivity index (χ4v) is 6.82. The predicted octanol–water partition coefficient (Wildman–Crippen LogP) is 5.50. The van der Waals surface area contributed by atoms with E-state index in [0.717, 1.165) is 38.8 Å². The first-order chi connectivity index (χ1) is 15.8. The van der Waals surface area contributed by atoms with Gasteiger partial charge in [-0.25, -0.2) is 13.4 Å². The summed E-state index contributed by atoms with van der Waals surface area (Å²) >= 11 is 2.96. The molecule has 6 nitrogen and oxygen atoms in total. The van der Waals surface area contributed by atoms with Gasteiger partial charge in [0.1, 0.15) is 5.01 Å². The van der Waals surface area contributed by atoms with Gasteiger partial charge in [0.05, 0.1) is 22.5 Å². The SMILES string of the molecule is CC1Cc2cc(-c3csc(-c4ccc(NC(=O)c5cccs5)cc4)n3)ccc2N1S(C)(=O)=O. The molecule has 5 rings (SSSR count). The Labute approximate surface area is 200 Å². The van der Waals surface area contributed by atoms with Crippen LogP contribution < -0.4 is 9.62 Å². The number of carbonyl (C=O) groups excluding carboxylic acids is 1. The van der Waals surface area contributed by atoms with E-state index in [1.165, 1.54) is 21.9 Å². The minimum atomic E-state index is -3.30. The normalized spacial score (nSPS) is 15.5. The maximum Gasteiger partial charge on any atom is 0.265 e. The minimum Gasteiger partial charge on any atom is -0.321 e. The van der Waals surface area contributed by atoms with Crippen molar-refractivity contribution < 1.29 is 13.2 Å². The van der Waals surface area contributed by atoms with E-state index in [1.54, 1.807) is 17.4 Å². The van der Waals surface area contributed by atoms with E-state index in [4.69, 9.17) is 4.98 Å². The smallest absolute Gasteiger partial charge is 0.265 e.